The number of benzene rings is 1. The topological polar surface area (TPSA) is 186 Å². The fourth-order valence-corrected chi connectivity index (χ4v) is 3.73. The van der Waals surface area contributed by atoms with Gasteiger partial charge in [-0.05, 0) is 30.9 Å². The van der Waals surface area contributed by atoms with Crippen molar-refractivity contribution >= 4 is 25.5 Å². The molecule has 33 heavy (non-hydrogen) atoms. The van der Waals surface area contributed by atoms with Crippen molar-refractivity contribution in [2.24, 2.45) is 11.7 Å². The molecule has 0 aliphatic rings. The molecular formula is C19H29Li2N4O7P. The molecule has 1 aromatic rings. The number of alkyl carbamates (subject to hydrolysis) is 1. The van der Waals surface area contributed by atoms with E-state index in [-0.39, 0.29) is 69.6 Å². The normalized spacial score (nSPS) is 14.0. The van der Waals surface area contributed by atoms with Gasteiger partial charge in [0.2, 0.25) is 5.91 Å². The van der Waals surface area contributed by atoms with Crippen molar-refractivity contribution in [1.29, 1.82) is 0 Å². The van der Waals surface area contributed by atoms with Crippen molar-refractivity contribution in [3.05, 3.63) is 35.9 Å². The standard InChI is InChI=1S/C19H31N4O7P.2Li/c1-13(2)10-16(17(24)22-15(8-9-20)18(25)26)23-31(28,29)12-21-19(27)30-11-14-6-4-3-5-7-14;;/h3-7,13,15-16H,8-12,20H2,1-2H3,(H,21,27)(H,22,24)(H,25,26)(H2,23,28,29);;/q;2*+1/p-2/t15-,16-;;/m0../s1. The predicted molar refractivity (Wildman–Crippen MR) is 109 cm³/mol. The van der Waals surface area contributed by atoms with E-state index in [0.29, 0.717) is 0 Å². The van der Waals surface area contributed by atoms with Crippen LogP contribution in [0.25, 0.3) is 0 Å². The molecule has 0 aromatic heterocycles. The number of aliphatic carboxylic acids is 1. The first-order valence-corrected chi connectivity index (χ1v) is 11.6. The number of carboxylic acid groups (broad SMARTS) is 1. The van der Waals surface area contributed by atoms with E-state index < -0.39 is 43.9 Å². The van der Waals surface area contributed by atoms with Crippen LogP contribution < -0.4 is 69.2 Å². The number of nitrogens with one attached hydrogen (secondary N) is 3. The van der Waals surface area contributed by atoms with Gasteiger partial charge in [-0.1, -0.05) is 44.2 Å². The number of amides is 2. The Morgan fingerprint density at radius 3 is 2.24 bits per heavy atom. The van der Waals surface area contributed by atoms with Crippen LogP contribution in [-0.2, 0) is 25.5 Å². The van der Waals surface area contributed by atoms with Gasteiger partial charge >= 0.3 is 43.8 Å². The minimum absolute atomic E-state index is 0. The maximum absolute atomic E-state index is 12.5. The second-order valence-electron chi connectivity index (χ2n) is 7.34. The first-order chi connectivity index (χ1) is 14.5. The summed E-state index contributed by atoms with van der Waals surface area (Å²) in [4.78, 5) is 47.7. The van der Waals surface area contributed by atoms with Gasteiger partial charge in [0.15, 0.2) is 0 Å². The van der Waals surface area contributed by atoms with Gasteiger partial charge in [0.1, 0.15) is 6.61 Å². The maximum Gasteiger partial charge on any atom is 1.00 e. The summed E-state index contributed by atoms with van der Waals surface area (Å²) in [6.45, 7) is 3.50. The molecule has 0 aliphatic heterocycles. The summed E-state index contributed by atoms with van der Waals surface area (Å²) in [7, 11) is -4.45. The fourth-order valence-electron chi connectivity index (χ4n) is 2.60. The van der Waals surface area contributed by atoms with E-state index in [1.54, 1.807) is 44.2 Å². The van der Waals surface area contributed by atoms with Crippen molar-refractivity contribution in [3.63, 3.8) is 0 Å². The van der Waals surface area contributed by atoms with Gasteiger partial charge in [0.05, 0.1) is 31.9 Å². The first-order valence-electron chi connectivity index (χ1n) is 9.77. The number of rotatable bonds is 13. The third-order valence-electron chi connectivity index (χ3n) is 4.08. The zero-order valence-electron chi connectivity index (χ0n) is 19.5. The number of carbonyl (C=O) groups excluding carboxylic acids is 3. The summed E-state index contributed by atoms with van der Waals surface area (Å²) in [5.74, 6) is -2.42. The second kappa shape index (κ2) is 17.2. The van der Waals surface area contributed by atoms with E-state index in [0.717, 1.165) is 5.56 Å². The van der Waals surface area contributed by atoms with Gasteiger partial charge in [-0.15, -0.1) is 0 Å². The Kier molecular flexibility index (Phi) is 17.7. The fraction of sp³-hybridized carbons (Fsp3) is 0.526. The van der Waals surface area contributed by atoms with Gasteiger partial charge in [-0.25, -0.2) is 4.79 Å². The van der Waals surface area contributed by atoms with Crippen LogP contribution in [0.5, 0.6) is 0 Å². The van der Waals surface area contributed by atoms with E-state index in [1.165, 1.54) is 0 Å². The van der Waals surface area contributed by atoms with Crippen molar-refractivity contribution in [2.45, 2.75) is 45.4 Å². The number of hydrogen-bond acceptors (Lipinski definition) is 8. The van der Waals surface area contributed by atoms with Crippen molar-refractivity contribution < 1.29 is 71.4 Å². The number of nitrogens with two attached hydrogens (primary N) is 1. The van der Waals surface area contributed by atoms with Crippen LogP contribution >= 0.6 is 7.52 Å². The molecule has 0 saturated carbocycles. The summed E-state index contributed by atoms with van der Waals surface area (Å²) in [5.41, 5.74) is 6.06. The molecule has 3 atom stereocenters. The summed E-state index contributed by atoms with van der Waals surface area (Å²) in [5, 5.41) is 17.7. The molecule has 0 aliphatic carbocycles. The quantitative estimate of drug-likeness (QED) is 0.161. The Morgan fingerprint density at radius 1 is 1.12 bits per heavy atom. The number of ether oxygens (including phenoxy) is 1. The van der Waals surface area contributed by atoms with Crippen molar-refractivity contribution in [1.82, 2.24) is 15.7 Å². The van der Waals surface area contributed by atoms with Gasteiger partial charge in [0.25, 0.3) is 0 Å². The third-order valence-corrected chi connectivity index (χ3v) is 5.36. The molecule has 0 spiro atoms. The predicted octanol–water partition coefficient (Wildman–Crippen LogP) is -6.98. The first kappa shape index (κ1) is 33.9. The van der Waals surface area contributed by atoms with Crippen LogP contribution in [0.4, 0.5) is 4.79 Å². The van der Waals surface area contributed by atoms with E-state index in [4.69, 9.17) is 10.5 Å². The molecule has 14 heteroatoms. The summed E-state index contributed by atoms with van der Waals surface area (Å²) < 4.78 is 17.3. The van der Waals surface area contributed by atoms with E-state index in [9.17, 15) is 28.9 Å². The average molecular weight is 470 g/mol. The van der Waals surface area contributed by atoms with E-state index in [2.05, 4.69) is 15.7 Å². The Morgan fingerprint density at radius 2 is 1.73 bits per heavy atom. The zero-order valence-corrected chi connectivity index (χ0v) is 20.4. The Labute approximate surface area is 217 Å². The van der Waals surface area contributed by atoms with Gasteiger partial charge in [-0.2, -0.15) is 0 Å². The smallest absolute Gasteiger partial charge is 0.787 e. The molecule has 0 radical (unpaired) electrons. The maximum atomic E-state index is 12.5. The van der Waals surface area contributed by atoms with Gasteiger partial charge in [0, 0.05) is 0 Å². The van der Waals surface area contributed by atoms with Gasteiger partial charge < -0.3 is 40.5 Å². The monoisotopic (exact) mass is 470 g/mol. The van der Waals surface area contributed by atoms with Crippen molar-refractivity contribution in [2.75, 3.05) is 12.8 Å². The minimum Gasteiger partial charge on any atom is -0.787 e. The molecule has 1 unspecified atom stereocenters. The van der Waals surface area contributed by atoms with Crippen LogP contribution in [0.3, 0.4) is 0 Å². The summed E-state index contributed by atoms with van der Waals surface area (Å²) in [6.07, 6.45) is -1.69. The molecule has 0 fully saturated rings. The zero-order chi connectivity index (χ0) is 23.4. The second-order valence-corrected chi connectivity index (χ2v) is 9.26. The molecule has 0 bridgehead atoms. The van der Waals surface area contributed by atoms with Gasteiger partial charge in [-0.3, -0.25) is 9.88 Å². The molecule has 0 saturated heterocycles. The molecule has 11 nitrogen and oxygen atoms in total. The van der Waals surface area contributed by atoms with Crippen LogP contribution in [0.1, 0.15) is 32.3 Å². The molecule has 174 valence electrons. The minimum atomic E-state index is -4.45. The molecule has 1 aromatic carbocycles. The molecule has 5 N–H and O–H groups in total. The number of carboxylic acids is 1. The van der Waals surface area contributed by atoms with Crippen LogP contribution in [-0.4, -0.2) is 42.9 Å². The Bertz CT molecular complexity index is 787. The van der Waals surface area contributed by atoms with Crippen LogP contribution in [0.15, 0.2) is 30.3 Å². The number of carbonyl (C=O) groups is 3. The molecule has 1 rings (SSSR count). The van der Waals surface area contributed by atoms with Crippen molar-refractivity contribution in [3.8, 4) is 0 Å². The van der Waals surface area contributed by atoms with E-state index in [1.807, 2.05) is 0 Å². The van der Waals surface area contributed by atoms with E-state index >= 15 is 0 Å². The molecular weight excluding hydrogens is 441 g/mol. The Balaban J connectivity index is 0. The summed E-state index contributed by atoms with van der Waals surface area (Å²) in [6, 6.07) is 6.25. The average Bonchev–Trinajstić information content (AvgIpc) is 2.70. The van der Waals surface area contributed by atoms with Crippen LogP contribution in [0.2, 0.25) is 0 Å². The Hall–Kier alpha value is -1.27. The number of hydrogen-bond donors (Lipinski definition) is 4. The largest absolute Gasteiger partial charge is 1.00 e. The molecule has 2 amide bonds. The third kappa shape index (κ3) is 14.6. The molecule has 0 heterocycles. The van der Waals surface area contributed by atoms with Crippen LogP contribution in [0, 0.1) is 5.92 Å². The SMILES string of the molecule is CC(C)C[C@H](NP(=O)([O-])CNC(=O)OCc1ccccc1)C(=O)N[C@@H](CCN)C(=O)[O-].[Li+].[Li+]. The summed E-state index contributed by atoms with van der Waals surface area (Å²) >= 11 is 0.